The highest BCUT2D eigenvalue weighted by Crippen LogP contribution is 2.16. The summed E-state index contributed by atoms with van der Waals surface area (Å²) in [4.78, 5) is 11.9. The molecule has 0 aliphatic rings. The average Bonchev–Trinajstić information content (AvgIpc) is 2.54. The summed E-state index contributed by atoms with van der Waals surface area (Å²) in [5.74, 6) is 0.145. The van der Waals surface area contributed by atoms with Crippen molar-refractivity contribution in [2.75, 3.05) is 6.54 Å². The van der Waals surface area contributed by atoms with Gasteiger partial charge in [-0.3, -0.25) is 4.79 Å². The number of carbonyl (C=O) groups excluding carboxylic acids is 1. The molecular formula is C22H35NOSi. The van der Waals surface area contributed by atoms with E-state index in [1.54, 1.807) is 5.57 Å². The summed E-state index contributed by atoms with van der Waals surface area (Å²) in [5.41, 5.74) is 5.35. The lowest BCUT2D eigenvalue weighted by atomic mass is 10.1. The number of hydrogen-bond donors (Lipinski definition) is 1. The van der Waals surface area contributed by atoms with Gasteiger partial charge in [-0.05, 0) is 31.2 Å². The van der Waals surface area contributed by atoms with Crippen LogP contribution in [0, 0.1) is 0 Å². The summed E-state index contributed by atoms with van der Waals surface area (Å²) in [6.45, 7) is 10.1. The largest absolute Gasteiger partial charge is 0.356 e. The number of carbonyl (C=O) groups is 1. The fraction of sp³-hybridized carbons (Fsp3) is 0.500. The van der Waals surface area contributed by atoms with Gasteiger partial charge in [0.1, 0.15) is 0 Å². The number of amides is 1. The van der Waals surface area contributed by atoms with Gasteiger partial charge in [0.15, 0.2) is 0 Å². The van der Waals surface area contributed by atoms with Crippen LogP contribution in [0.3, 0.4) is 0 Å². The number of allylic oxidation sites excluding steroid dienone is 3. The van der Waals surface area contributed by atoms with Crippen molar-refractivity contribution in [3.8, 4) is 0 Å². The minimum atomic E-state index is -1.15. The SMILES string of the molecule is CCC/C(=C\[Si](C)(C)C)C/C=C/CCC(=O)NCCc1ccccc1. The predicted molar refractivity (Wildman–Crippen MR) is 112 cm³/mol. The van der Waals surface area contributed by atoms with Crippen LogP contribution in [0.25, 0.3) is 0 Å². The van der Waals surface area contributed by atoms with E-state index in [4.69, 9.17) is 0 Å². The molecule has 0 fully saturated rings. The van der Waals surface area contributed by atoms with Crippen LogP contribution in [0.2, 0.25) is 19.6 Å². The van der Waals surface area contributed by atoms with Gasteiger partial charge < -0.3 is 5.32 Å². The van der Waals surface area contributed by atoms with Crippen LogP contribution in [0.5, 0.6) is 0 Å². The summed E-state index contributed by atoms with van der Waals surface area (Å²) < 4.78 is 0. The molecule has 0 atom stereocenters. The lowest BCUT2D eigenvalue weighted by Gasteiger charge is -2.13. The molecule has 1 amide bonds. The Hall–Kier alpha value is -1.61. The average molecular weight is 358 g/mol. The van der Waals surface area contributed by atoms with Crippen LogP contribution >= 0.6 is 0 Å². The summed E-state index contributed by atoms with van der Waals surface area (Å²) in [7, 11) is -1.15. The zero-order valence-corrected chi connectivity index (χ0v) is 17.5. The summed E-state index contributed by atoms with van der Waals surface area (Å²) in [5, 5.41) is 3.00. The molecular weight excluding hydrogens is 322 g/mol. The molecule has 0 aromatic heterocycles. The van der Waals surface area contributed by atoms with Gasteiger partial charge in [0, 0.05) is 13.0 Å². The van der Waals surface area contributed by atoms with Crippen LogP contribution < -0.4 is 5.32 Å². The molecule has 25 heavy (non-hydrogen) atoms. The van der Waals surface area contributed by atoms with Gasteiger partial charge in [0.05, 0.1) is 8.07 Å². The van der Waals surface area contributed by atoms with E-state index < -0.39 is 8.07 Å². The number of hydrogen-bond acceptors (Lipinski definition) is 1. The Morgan fingerprint density at radius 3 is 2.44 bits per heavy atom. The summed E-state index contributed by atoms with van der Waals surface area (Å²) in [6.07, 6.45) is 10.1. The molecule has 1 aromatic rings. The number of rotatable bonds is 11. The van der Waals surface area contributed by atoms with Crippen molar-refractivity contribution in [3.05, 3.63) is 59.3 Å². The summed E-state index contributed by atoms with van der Waals surface area (Å²) >= 11 is 0. The van der Waals surface area contributed by atoms with Crippen LogP contribution in [0.15, 0.2) is 53.8 Å². The highest BCUT2D eigenvalue weighted by molar-refractivity contribution is 6.81. The molecule has 0 unspecified atom stereocenters. The van der Waals surface area contributed by atoms with E-state index in [9.17, 15) is 4.79 Å². The first-order valence-electron chi connectivity index (χ1n) is 9.57. The highest BCUT2D eigenvalue weighted by atomic mass is 28.3. The Bertz CT molecular complexity index is 555. The molecule has 2 nitrogen and oxygen atoms in total. The van der Waals surface area contributed by atoms with Crippen molar-refractivity contribution in [3.63, 3.8) is 0 Å². The normalized spacial score (nSPS) is 12.6. The number of nitrogens with one attached hydrogen (secondary N) is 1. The van der Waals surface area contributed by atoms with Gasteiger partial charge in [0.25, 0.3) is 0 Å². The smallest absolute Gasteiger partial charge is 0.220 e. The van der Waals surface area contributed by atoms with Crippen LogP contribution in [-0.4, -0.2) is 20.5 Å². The van der Waals surface area contributed by atoms with Gasteiger partial charge in [-0.1, -0.05) is 86.7 Å². The maximum absolute atomic E-state index is 11.9. The van der Waals surface area contributed by atoms with Crippen molar-refractivity contribution in [2.45, 2.75) is 65.1 Å². The fourth-order valence-electron chi connectivity index (χ4n) is 2.81. The topological polar surface area (TPSA) is 29.1 Å². The Labute approximate surface area is 155 Å². The van der Waals surface area contributed by atoms with Crippen LogP contribution in [-0.2, 0) is 11.2 Å². The standard InChI is InChI=1S/C22H35NOSi/c1-5-12-21(19-25(2,3)4)15-10-7-11-16-22(24)23-18-17-20-13-8-6-9-14-20/h6-10,13-14,19H,5,11-12,15-18H2,1-4H3,(H,23,24)/b10-7+,21-19+. The first-order chi connectivity index (χ1) is 11.9. The first kappa shape index (κ1) is 21.4. The van der Waals surface area contributed by atoms with E-state index in [-0.39, 0.29) is 5.91 Å². The van der Waals surface area contributed by atoms with Gasteiger partial charge >= 0.3 is 0 Å². The molecule has 0 bridgehead atoms. The van der Waals surface area contributed by atoms with E-state index in [1.807, 2.05) is 18.2 Å². The van der Waals surface area contributed by atoms with Crippen molar-refractivity contribution in [1.82, 2.24) is 5.32 Å². The molecule has 0 saturated heterocycles. The Morgan fingerprint density at radius 2 is 1.80 bits per heavy atom. The Kier molecular flexibility index (Phi) is 10.2. The Morgan fingerprint density at radius 1 is 1.08 bits per heavy atom. The highest BCUT2D eigenvalue weighted by Gasteiger charge is 2.09. The van der Waals surface area contributed by atoms with E-state index in [2.05, 4.69) is 61.9 Å². The zero-order chi connectivity index (χ0) is 18.5. The second-order valence-electron chi connectivity index (χ2n) is 7.72. The Balaban J connectivity index is 2.23. The maximum atomic E-state index is 11.9. The molecule has 1 aromatic carbocycles. The third kappa shape index (κ3) is 11.5. The number of benzene rings is 1. The molecule has 0 spiro atoms. The van der Waals surface area contributed by atoms with Gasteiger partial charge in [-0.15, -0.1) is 0 Å². The third-order valence-corrected chi connectivity index (χ3v) is 5.15. The third-order valence-electron chi connectivity index (χ3n) is 3.87. The van der Waals surface area contributed by atoms with Gasteiger partial charge in [0.2, 0.25) is 5.91 Å². The van der Waals surface area contributed by atoms with Crippen molar-refractivity contribution in [1.29, 1.82) is 0 Å². The van der Waals surface area contributed by atoms with Crippen LogP contribution in [0.4, 0.5) is 0 Å². The first-order valence-corrected chi connectivity index (χ1v) is 13.1. The maximum Gasteiger partial charge on any atom is 0.220 e. The second kappa shape index (κ2) is 11.9. The summed E-state index contributed by atoms with van der Waals surface area (Å²) in [6, 6.07) is 10.3. The van der Waals surface area contributed by atoms with E-state index in [0.717, 1.165) is 19.3 Å². The minimum absolute atomic E-state index is 0.145. The molecule has 0 heterocycles. The zero-order valence-electron chi connectivity index (χ0n) is 16.5. The second-order valence-corrected chi connectivity index (χ2v) is 12.7. The van der Waals surface area contributed by atoms with Crippen LogP contribution in [0.1, 0.15) is 44.6 Å². The molecule has 138 valence electrons. The lowest BCUT2D eigenvalue weighted by Crippen LogP contribution is -2.25. The fourth-order valence-corrected chi connectivity index (χ4v) is 4.30. The van der Waals surface area contributed by atoms with E-state index in [0.29, 0.717) is 13.0 Å². The molecule has 1 N–H and O–H groups in total. The minimum Gasteiger partial charge on any atom is -0.356 e. The van der Waals surface area contributed by atoms with Crippen molar-refractivity contribution < 1.29 is 4.79 Å². The molecule has 3 heteroatoms. The van der Waals surface area contributed by atoms with Crippen molar-refractivity contribution >= 4 is 14.0 Å². The van der Waals surface area contributed by atoms with Gasteiger partial charge in [-0.2, -0.15) is 0 Å². The molecule has 1 rings (SSSR count). The molecule has 0 aliphatic heterocycles. The lowest BCUT2D eigenvalue weighted by molar-refractivity contribution is -0.120. The predicted octanol–water partition coefficient (Wildman–Crippen LogP) is 5.68. The van der Waals surface area contributed by atoms with Crippen molar-refractivity contribution in [2.24, 2.45) is 0 Å². The van der Waals surface area contributed by atoms with E-state index >= 15 is 0 Å². The molecule has 0 radical (unpaired) electrons. The van der Waals surface area contributed by atoms with Gasteiger partial charge in [-0.25, -0.2) is 0 Å². The molecule has 0 aliphatic carbocycles. The van der Waals surface area contributed by atoms with E-state index in [1.165, 1.54) is 18.4 Å². The monoisotopic (exact) mass is 357 g/mol. The molecule has 0 saturated carbocycles. The quantitative estimate of drug-likeness (QED) is 0.401.